The third-order valence-corrected chi connectivity index (χ3v) is 3.31. The van der Waals surface area contributed by atoms with Crippen LogP contribution in [0.5, 0.6) is 5.88 Å². The molecule has 2 amide bonds. The molecule has 0 atom stereocenters. The Morgan fingerprint density at radius 2 is 2.05 bits per heavy atom. The Labute approximate surface area is 128 Å². The Morgan fingerprint density at radius 3 is 2.68 bits per heavy atom. The Kier molecular flexibility index (Phi) is 3.88. The van der Waals surface area contributed by atoms with Gasteiger partial charge in [0.05, 0.1) is 18.7 Å². The summed E-state index contributed by atoms with van der Waals surface area (Å²) in [4.78, 5) is 17.7. The van der Waals surface area contributed by atoms with E-state index < -0.39 is 0 Å². The molecule has 1 aliphatic rings. The number of anilines is 1. The minimum Gasteiger partial charge on any atom is -0.471 e. The van der Waals surface area contributed by atoms with Crippen LogP contribution in [0.15, 0.2) is 48.7 Å². The fourth-order valence-corrected chi connectivity index (χ4v) is 2.09. The lowest BCUT2D eigenvalue weighted by Gasteiger charge is -2.38. The number of aromatic nitrogens is 1. The van der Waals surface area contributed by atoms with Crippen molar-refractivity contribution in [3.05, 3.63) is 54.2 Å². The Hall–Kier alpha value is -3.07. The Bertz CT molecular complexity index is 688. The second-order valence-electron chi connectivity index (χ2n) is 4.94. The van der Waals surface area contributed by atoms with Crippen molar-refractivity contribution in [3.8, 4) is 11.9 Å². The number of amides is 2. The first kappa shape index (κ1) is 13.9. The molecular weight excluding hydrogens is 280 g/mol. The van der Waals surface area contributed by atoms with Crippen LogP contribution >= 0.6 is 0 Å². The van der Waals surface area contributed by atoms with Crippen LogP contribution in [0, 0.1) is 11.3 Å². The summed E-state index contributed by atoms with van der Waals surface area (Å²) in [5, 5.41) is 11.5. The van der Waals surface area contributed by atoms with Crippen molar-refractivity contribution in [1.82, 2.24) is 9.88 Å². The number of hydrogen-bond acceptors (Lipinski definition) is 4. The maximum absolute atomic E-state index is 12.0. The van der Waals surface area contributed by atoms with Gasteiger partial charge in [0.25, 0.3) is 0 Å². The van der Waals surface area contributed by atoms with Gasteiger partial charge < -0.3 is 15.0 Å². The number of para-hydroxylation sites is 1. The lowest BCUT2D eigenvalue weighted by atomic mass is 10.2. The lowest BCUT2D eigenvalue weighted by Crippen LogP contribution is -2.57. The molecule has 3 rings (SSSR count). The van der Waals surface area contributed by atoms with Crippen LogP contribution in [0.25, 0.3) is 0 Å². The molecule has 1 N–H and O–H groups in total. The fraction of sp³-hybridized carbons (Fsp3) is 0.188. The van der Waals surface area contributed by atoms with E-state index in [9.17, 15) is 4.79 Å². The first-order chi connectivity index (χ1) is 10.7. The van der Waals surface area contributed by atoms with Gasteiger partial charge in [-0.05, 0) is 18.2 Å². The molecule has 6 nitrogen and oxygen atoms in total. The molecule has 0 unspecified atom stereocenters. The molecule has 1 saturated heterocycles. The van der Waals surface area contributed by atoms with Gasteiger partial charge >= 0.3 is 6.03 Å². The van der Waals surface area contributed by atoms with Gasteiger partial charge in [-0.25, -0.2) is 9.78 Å². The molecule has 110 valence electrons. The quantitative estimate of drug-likeness (QED) is 0.941. The number of likely N-dealkylation sites (tertiary alicyclic amines) is 1. The van der Waals surface area contributed by atoms with Crippen molar-refractivity contribution in [2.75, 3.05) is 18.4 Å². The normalized spacial score (nSPS) is 13.9. The summed E-state index contributed by atoms with van der Waals surface area (Å²) in [6.45, 7) is 1.03. The number of rotatable bonds is 3. The number of pyridine rings is 1. The topological polar surface area (TPSA) is 78.2 Å². The zero-order valence-corrected chi connectivity index (χ0v) is 11.8. The molecular formula is C16H14N4O2. The zero-order chi connectivity index (χ0) is 15.4. The molecule has 0 spiro atoms. The number of hydrogen-bond donors (Lipinski definition) is 1. The van der Waals surface area contributed by atoms with Gasteiger partial charge in [0, 0.05) is 18.0 Å². The summed E-state index contributed by atoms with van der Waals surface area (Å²) in [5.74, 6) is 0.465. The van der Waals surface area contributed by atoms with Crippen LogP contribution in [-0.2, 0) is 0 Å². The molecule has 0 aliphatic carbocycles. The first-order valence-corrected chi connectivity index (χ1v) is 6.88. The lowest BCUT2D eigenvalue weighted by molar-refractivity contribution is 0.0461. The molecule has 1 fully saturated rings. The van der Waals surface area contributed by atoms with Gasteiger partial charge in [-0.3, -0.25) is 0 Å². The van der Waals surface area contributed by atoms with Crippen LogP contribution in [-0.4, -0.2) is 35.1 Å². The Balaban J connectivity index is 1.47. The summed E-state index contributed by atoms with van der Waals surface area (Å²) in [6, 6.07) is 14.5. The van der Waals surface area contributed by atoms with Gasteiger partial charge in [-0.1, -0.05) is 18.2 Å². The van der Waals surface area contributed by atoms with Gasteiger partial charge in [0.2, 0.25) is 5.88 Å². The SMILES string of the molecule is N#Cc1ccc(OC2CN(C(=O)Nc3ccccc3)C2)nc1. The van der Waals surface area contributed by atoms with Crippen molar-refractivity contribution in [1.29, 1.82) is 5.26 Å². The van der Waals surface area contributed by atoms with Crippen molar-refractivity contribution < 1.29 is 9.53 Å². The molecule has 0 radical (unpaired) electrons. The summed E-state index contributed by atoms with van der Waals surface area (Å²) in [7, 11) is 0. The van der Waals surface area contributed by atoms with Crippen molar-refractivity contribution >= 4 is 11.7 Å². The van der Waals surface area contributed by atoms with E-state index in [2.05, 4.69) is 10.3 Å². The molecule has 1 aliphatic heterocycles. The van der Waals surface area contributed by atoms with Gasteiger partial charge in [-0.15, -0.1) is 0 Å². The van der Waals surface area contributed by atoms with E-state index in [4.69, 9.17) is 10.00 Å². The number of carbonyl (C=O) groups is 1. The zero-order valence-electron chi connectivity index (χ0n) is 11.8. The van der Waals surface area contributed by atoms with E-state index in [1.807, 2.05) is 36.4 Å². The summed E-state index contributed by atoms with van der Waals surface area (Å²) in [5.41, 5.74) is 1.26. The van der Waals surface area contributed by atoms with Crippen LogP contribution in [0.4, 0.5) is 10.5 Å². The monoisotopic (exact) mass is 294 g/mol. The maximum Gasteiger partial charge on any atom is 0.322 e. The van der Waals surface area contributed by atoms with Crippen LogP contribution < -0.4 is 10.1 Å². The number of benzene rings is 1. The summed E-state index contributed by atoms with van der Waals surface area (Å²) in [6.07, 6.45) is 1.40. The highest BCUT2D eigenvalue weighted by Gasteiger charge is 2.32. The van der Waals surface area contributed by atoms with Crippen LogP contribution in [0.3, 0.4) is 0 Å². The van der Waals surface area contributed by atoms with E-state index in [0.29, 0.717) is 24.5 Å². The second-order valence-corrected chi connectivity index (χ2v) is 4.94. The number of urea groups is 1. The molecule has 1 aromatic carbocycles. The fourth-order valence-electron chi connectivity index (χ4n) is 2.09. The number of ether oxygens (including phenoxy) is 1. The van der Waals surface area contributed by atoms with E-state index in [0.717, 1.165) is 5.69 Å². The number of carbonyl (C=O) groups excluding carboxylic acids is 1. The minimum atomic E-state index is -0.140. The number of nitriles is 1. The molecule has 0 saturated carbocycles. The molecule has 22 heavy (non-hydrogen) atoms. The van der Waals surface area contributed by atoms with E-state index >= 15 is 0 Å². The van der Waals surface area contributed by atoms with E-state index in [1.165, 1.54) is 6.20 Å². The number of nitrogens with one attached hydrogen (secondary N) is 1. The molecule has 2 heterocycles. The molecule has 6 heteroatoms. The van der Waals surface area contributed by atoms with Crippen molar-refractivity contribution in [2.45, 2.75) is 6.10 Å². The van der Waals surface area contributed by atoms with Gasteiger partial charge in [0.1, 0.15) is 12.2 Å². The third-order valence-electron chi connectivity index (χ3n) is 3.31. The highest BCUT2D eigenvalue weighted by atomic mass is 16.5. The maximum atomic E-state index is 12.0. The molecule has 0 bridgehead atoms. The largest absolute Gasteiger partial charge is 0.471 e. The van der Waals surface area contributed by atoms with Gasteiger partial charge in [0.15, 0.2) is 0 Å². The standard InChI is InChI=1S/C16H14N4O2/c17-8-12-6-7-15(18-9-12)22-14-10-20(11-14)16(21)19-13-4-2-1-3-5-13/h1-7,9,14H,10-11H2,(H,19,21). The highest BCUT2D eigenvalue weighted by molar-refractivity contribution is 5.89. The predicted octanol–water partition coefficient (Wildman–Crippen LogP) is 2.25. The number of nitrogens with zero attached hydrogens (tertiary/aromatic N) is 3. The smallest absolute Gasteiger partial charge is 0.322 e. The summed E-state index contributed by atoms with van der Waals surface area (Å²) < 4.78 is 5.64. The third kappa shape index (κ3) is 3.15. The first-order valence-electron chi connectivity index (χ1n) is 6.88. The average molecular weight is 294 g/mol. The molecule has 1 aromatic heterocycles. The van der Waals surface area contributed by atoms with Crippen LogP contribution in [0.2, 0.25) is 0 Å². The summed E-state index contributed by atoms with van der Waals surface area (Å²) >= 11 is 0. The highest BCUT2D eigenvalue weighted by Crippen LogP contribution is 2.17. The second kappa shape index (κ2) is 6.14. The minimum absolute atomic E-state index is 0.0676. The van der Waals surface area contributed by atoms with Crippen molar-refractivity contribution in [3.63, 3.8) is 0 Å². The van der Waals surface area contributed by atoms with Crippen molar-refractivity contribution in [2.24, 2.45) is 0 Å². The van der Waals surface area contributed by atoms with E-state index in [1.54, 1.807) is 17.0 Å². The predicted molar refractivity (Wildman–Crippen MR) is 80.4 cm³/mol. The average Bonchev–Trinajstić information content (AvgIpc) is 2.52. The van der Waals surface area contributed by atoms with Crippen LogP contribution in [0.1, 0.15) is 5.56 Å². The Morgan fingerprint density at radius 1 is 1.27 bits per heavy atom. The van der Waals surface area contributed by atoms with Gasteiger partial charge in [-0.2, -0.15) is 5.26 Å². The molecule has 2 aromatic rings. The van der Waals surface area contributed by atoms with E-state index in [-0.39, 0.29) is 12.1 Å².